The minimum Gasteiger partial charge on any atom is -0.367 e. The van der Waals surface area contributed by atoms with Gasteiger partial charge in [-0.05, 0) is 42.5 Å². The van der Waals surface area contributed by atoms with E-state index >= 15 is 0 Å². The smallest absolute Gasteiger partial charge is 0.251 e. The van der Waals surface area contributed by atoms with E-state index in [0.29, 0.717) is 41.6 Å². The van der Waals surface area contributed by atoms with Crippen molar-refractivity contribution >= 4 is 34.1 Å². The average Bonchev–Trinajstić information content (AvgIpc) is 3.32. The molecule has 9 heteroatoms. The summed E-state index contributed by atoms with van der Waals surface area (Å²) < 4.78 is 5.51. The van der Waals surface area contributed by atoms with Gasteiger partial charge in [0, 0.05) is 30.4 Å². The lowest BCUT2D eigenvalue weighted by molar-refractivity contribution is 0.0955. The van der Waals surface area contributed by atoms with Crippen LogP contribution >= 0.6 is 0 Å². The lowest BCUT2D eigenvalue weighted by Gasteiger charge is -2.08. The van der Waals surface area contributed by atoms with Crippen molar-refractivity contribution in [2.45, 2.75) is 0 Å². The molecule has 34 heavy (non-hydrogen) atoms. The van der Waals surface area contributed by atoms with Crippen LogP contribution in [-0.2, 0) is 0 Å². The quantitative estimate of drug-likeness (QED) is 0.300. The summed E-state index contributed by atoms with van der Waals surface area (Å²) in [7, 11) is 0. The Hall–Kier alpha value is -4.79. The molecule has 0 saturated heterocycles. The predicted molar refractivity (Wildman–Crippen MR) is 130 cm³/mol. The molecule has 0 saturated carbocycles. The number of aromatic nitrogens is 4. The summed E-state index contributed by atoms with van der Waals surface area (Å²) in [6, 6.07) is 22.4. The Morgan fingerprint density at radius 3 is 2.53 bits per heavy atom. The number of amides is 1. The van der Waals surface area contributed by atoms with Crippen LogP contribution in [0, 0.1) is 0 Å². The molecule has 0 unspecified atom stereocenters. The van der Waals surface area contributed by atoms with Gasteiger partial charge in [-0.2, -0.15) is 0 Å². The maximum absolute atomic E-state index is 12.7. The highest BCUT2D eigenvalue weighted by atomic mass is 16.5. The van der Waals surface area contributed by atoms with Crippen LogP contribution in [0.4, 0.5) is 17.3 Å². The number of fused-ring (bicyclic) bond motifs is 1. The van der Waals surface area contributed by atoms with Crippen molar-refractivity contribution in [1.29, 1.82) is 0 Å². The fourth-order valence-corrected chi connectivity index (χ4v) is 3.43. The minimum atomic E-state index is -0.175. The van der Waals surface area contributed by atoms with E-state index in [0.717, 1.165) is 16.6 Å². The monoisotopic (exact) mass is 451 g/mol. The molecule has 0 bridgehead atoms. The Morgan fingerprint density at radius 2 is 1.74 bits per heavy atom. The van der Waals surface area contributed by atoms with E-state index in [-0.39, 0.29) is 5.91 Å². The molecule has 5 rings (SSSR count). The predicted octanol–water partition coefficient (Wildman–Crippen LogP) is 4.27. The molecule has 9 nitrogen and oxygen atoms in total. The van der Waals surface area contributed by atoms with Gasteiger partial charge in [0.25, 0.3) is 5.91 Å². The standard InChI is InChI=1S/C25H21N7O2/c33-25(18-8-9-21-20(15-18)24(34-32-21)17-5-2-1-3-6-17)28-14-13-27-22-10-11-23(31-30-22)29-19-7-4-12-26-16-19/h1-12,15-16H,13-14H2,(H,27,30)(H,28,33)(H,29,31). The van der Waals surface area contributed by atoms with Crippen LogP contribution in [-0.4, -0.2) is 39.3 Å². The maximum atomic E-state index is 12.7. The van der Waals surface area contributed by atoms with Crippen LogP contribution in [0.5, 0.6) is 0 Å². The molecule has 3 aromatic heterocycles. The summed E-state index contributed by atoms with van der Waals surface area (Å²) >= 11 is 0. The Morgan fingerprint density at radius 1 is 0.882 bits per heavy atom. The first-order chi connectivity index (χ1) is 16.8. The first-order valence-corrected chi connectivity index (χ1v) is 10.7. The van der Waals surface area contributed by atoms with Crippen molar-refractivity contribution in [3.8, 4) is 11.3 Å². The molecule has 5 aromatic rings. The number of hydrogen-bond donors (Lipinski definition) is 3. The van der Waals surface area contributed by atoms with Crippen LogP contribution in [0.15, 0.2) is 89.7 Å². The second-order valence-electron chi connectivity index (χ2n) is 7.46. The van der Waals surface area contributed by atoms with E-state index in [2.05, 4.69) is 36.3 Å². The zero-order chi connectivity index (χ0) is 23.2. The number of nitrogens with zero attached hydrogens (tertiary/aromatic N) is 4. The number of rotatable bonds is 8. The third kappa shape index (κ3) is 4.83. The van der Waals surface area contributed by atoms with E-state index in [4.69, 9.17) is 4.52 Å². The first kappa shape index (κ1) is 21.1. The van der Waals surface area contributed by atoms with Crippen molar-refractivity contribution in [1.82, 2.24) is 25.7 Å². The Kier molecular flexibility index (Phi) is 6.06. The largest absolute Gasteiger partial charge is 0.367 e. The molecular weight excluding hydrogens is 430 g/mol. The average molecular weight is 451 g/mol. The zero-order valence-electron chi connectivity index (χ0n) is 18.1. The third-order valence-electron chi connectivity index (χ3n) is 5.09. The van der Waals surface area contributed by atoms with Crippen molar-refractivity contribution in [2.75, 3.05) is 23.7 Å². The zero-order valence-corrected chi connectivity index (χ0v) is 18.1. The van der Waals surface area contributed by atoms with Gasteiger partial charge in [0.05, 0.1) is 17.3 Å². The van der Waals surface area contributed by atoms with E-state index in [1.165, 1.54) is 0 Å². The molecule has 0 radical (unpaired) electrons. The number of carbonyl (C=O) groups is 1. The lowest BCUT2D eigenvalue weighted by Crippen LogP contribution is -2.28. The molecule has 3 N–H and O–H groups in total. The molecule has 0 fully saturated rings. The van der Waals surface area contributed by atoms with Gasteiger partial charge >= 0.3 is 0 Å². The summed E-state index contributed by atoms with van der Waals surface area (Å²) in [5, 5.41) is 22.4. The lowest BCUT2D eigenvalue weighted by atomic mass is 10.1. The normalized spacial score (nSPS) is 10.7. The van der Waals surface area contributed by atoms with E-state index in [1.807, 2.05) is 54.6 Å². The van der Waals surface area contributed by atoms with Crippen LogP contribution in [0.1, 0.15) is 10.4 Å². The SMILES string of the molecule is O=C(NCCNc1ccc(Nc2cccnc2)nn1)c1ccc2noc(-c3ccccc3)c2c1. The van der Waals surface area contributed by atoms with E-state index < -0.39 is 0 Å². The van der Waals surface area contributed by atoms with Gasteiger partial charge in [0.2, 0.25) is 0 Å². The van der Waals surface area contributed by atoms with Gasteiger partial charge in [-0.1, -0.05) is 35.5 Å². The molecule has 0 aliphatic heterocycles. The van der Waals surface area contributed by atoms with Crippen molar-refractivity contribution in [2.24, 2.45) is 0 Å². The van der Waals surface area contributed by atoms with Gasteiger partial charge in [-0.25, -0.2) is 0 Å². The highest BCUT2D eigenvalue weighted by Crippen LogP contribution is 2.29. The highest BCUT2D eigenvalue weighted by Gasteiger charge is 2.13. The molecule has 1 amide bonds. The number of pyridine rings is 1. The summed E-state index contributed by atoms with van der Waals surface area (Å²) in [5.41, 5.74) is 2.99. The van der Waals surface area contributed by atoms with Gasteiger partial charge in [-0.3, -0.25) is 9.78 Å². The molecule has 3 heterocycles. The highest BCUT2D eigenvalue weighted by molar-refractivity contribution is 6.01. The Balaban J connectivity index is 1.15. The second-order valence-corrected chi connectivity index (χ2v) is 7.46. The number of carbonyl (C=O) groups excluding carboxylic acids is 1. The first-order valence-electron chi connectivity index (χ1n) is 10.7. The van der Waals surface area contributed by atoms with Crippen LogP contribution < -0.4 is 16.0 Å². The summed E-state index contributed by atoms with van der Waals surface area (Å²) in [6.07, 6.45) is 3.41. The van der Waals surface area contributed by atoms with E-state index in [1.54, 1.807) is 30.6 Å². The number of benzene rings is 2. The van der Waals surface area contributed by atoms with Gasteiger partial charge < -0.3 is 20.5 Å². The van der Waals surface area contributed by atoms with Crippen molar-refractivity contribution in [3.63, 3.8) is 0 Å². The van der Waals surface area contributed by atoms with Crippen LogP contribution in [0.3, 0.4) is 0 Å². The Bertz CT molecular complexity index is 1390. The fraction of sp³-hybridized carbons (Fsp3) is 0.0800. The molecule has 2 aromatic carbocycles. The maximum Gasteiger partial charge on any atom is 0.251 e. The fourth-order valence-electron chi connectivity index (χ4n) is 3.43. The van der Waals surface area contributed by atoms with Gasteiger partial charge in [-0.15, -0.1) is 10.2 Å². The molecule has 168 valence electrons. The number of hydrogen-bond acceptors (Lipinski definition) is 8. The number of anilines is 3. The van der Waals surface area contributed by atoms with Crippen LogP contribution in [0.25, 0.3) is 22.2 Å². The topological polar surface area (TPSA) is 118 Å². The van der Waals surface area contributed by atoms with Crippen molar-refractivity contribution in [3.05, 3.63) is 90.8 Å². The Labute approximate surface area is 195 Å². The summed E-state index contributed by atoms with van der Waals surface area (Å²) in [6.45, 7) is 0.921. The van der Waals surface area contributed by atoms with Gasteiger partial charge in [0.15, 0.2) is 11.6 Å². The van der Waals surface area contributed by atoms with Gasteiger partial charge in [0.1, 0.15) is 11.3 Å². The molecule has 0 spiro atoms. The number of nitrogens with one attached hydrogen (secondary N) is 3. The summed E-state index contributed by atoms with van der Waals surface area (Å²) in [4.78, 5) is 16.7. The van der Waals surface area contributed by atoms with E-state index in [9.17, 15) is 4.79 Å². The van der Waals surface area contributed by atoms with Crippen LogP contribution in [0.2, 0.25) is 0 Å². The van der Waals surface area contributed by atoms with Crippen molar-refractivity contribution < 1.29 is 9.32 Å². The third-order valence-corrected chi connectivity index (χ3v) is 5.09. The second kappa shape index (κ2) is 9.78. The molecule has 0 aliphatic carbocycles. The molecule has 0 atom stereocenters. The molecular formula is C25H21N7O2. The minimum absolute atomic E-state index is 0.175. The molecule has 0 aliphatic rings. The summed E-state index contributed by atoms with van der Waals surface area (Å²) in [5.74, 6) is 1.70.